The van der Waals surface area contributed by atoms with Crippen molar-refractivity contribution in [1.29, 1.82) is 0 Å². The number of halogens is 1. The highest BCUT2D eigenvalue weighted by Crippen LogP contribution is 2.35. The fourth-order valence-electron chi connectivity index (χ4n) is 3.90. The Morgan fingerprint density at radius 3 is 2.69 bits per heavy atom. The number of benzene rings is 1. The molecule has 1 aromatic carbocycles. The third-order valence-electron chi connectivity index (χ3n) is 5.38. The van der Waals surface area contributed by atoms with Gasteiger partial charge in [0.05, 0.1) is 5.52 Å². The number of anilines is 2. The summed E-state index contributed by atoms with van der Waals surface area (Å²) in [6.07, 6.45) is 6.91. The number of piperidine rings is 1. The van der Waals surface area contributed by atoms with E-state index in [4.69, 9.17) is 16.7 Å². The van der Waals surface area contributed by atoms with Crippen LogP contribution in [0.2, 0.25) is 5.28 Å². The first-order valence-electron chi connectivity index (χ1n) is 9.29. The maximum Gasteiger partial charge on any atom is 0.224 e. The van der Waals surface area contributed by atoms with E-state index in [2.05, 4.69) is 42.8 Å². The van der Waals surface area contributed by atoms with Crippen LogP contribution in [0, 0.1) is 0 Å². The molecule has 0 bridgehead atoms. The van der Waals surface area contributed by atoms with Gasteiger partial charge < -0.3 is 9.80 Å². The predicted molar refractivity (Wildman–Crippen MR) is 104 cm³/mol. The molecule has 4 heterocycles. The fraction of sp³-hybridized carbons (Fsp3) is 0.421. The van der Waals surface area contributed by atoms with Crippen LogP contribution in [0.1, 0.15) is 31.8 Å². The van der Waals surface area contributed by atoms with E-state index in [0.717, 1.165) is 55.0 Å². The van der Waals surface area contributed by atoms with Gasteiger partial charge in [0, 0.05) is 37.3 Å². The molecule has 0 aliphatic carbocycles. The van der Waals surface area contributed by atoms with Gasteiger partial charge in [-0.25, -0.2) is 9.67 Å². The van der Waals surface area contributed by atoms with Crippen molar-refractivity contribution in [1.82, 2.24) is 19.7 Å². The molecule has 3 aromatic rings. The van der Waals surface area contributed by atoms with Crippen molar-refractivity contribution in [3.63, 3.8) is 0 Å². The summed E-state index contributed by atoms with van der Waals surface area (Å²) in [5, 5.41) is 6.20. The molecule has 2 fully saturated rings. The highest BCUT2D eigenvalue weighted by atomic mass is 35.5. The zero-order valence-electron chi connectivity index (χ0n) is 14.6. The number of hydrogen-bond donors (Lipinski definition) is 0. The van der Waals surface area contributed by atoms with E-state index in [-0.39, 0.29) is 6.17 Å². The summed E-state index contributed by atoms with van der Waals surface area (Å²) >= 11 is 6.23. The lowest BCUT2D eigenvalue weighted by Crippen LogP contribution is -2.39. The lowest BCUT2D eigenvalue weighted by atomic mass is 10.1. The van der Waals surface area contributed by atoms with Crippen molar-refractivity contribution in [2.45, 2.75) is 31.8 Å². The van der Waals surface area contributed by atoms with Crippen LogP contribution < -0.4 is 9.80 Å². The quantitative estimate of drug-likeness (QED) is 0.656. The van der Waals surface area contributed by atoms with E-state index in [9.17, 15) is 0 Å². The summed E-state index contributed by atoms with van der Waals surface area (Å²) in [4.78, 5) is 13.6. The van der Waals surface area contributed by atoms with Gasteiger partial charge in [0.15, 0.2) is 5.82 Å². The van der Waals surface area contributed by atoms with Gasteiger partial charge in [-0.2, -0.15) is 10.1 Å². The molecule has 0 N–H and O–H groups in total. The van der Waals surface area contributed by atoms with Gasteiger partial charge in [-0.05, 0) is 49.4 Å². The maximum absolute atomic E-state index is 6.23. The van der Waals surface area contributed by atoms with Gasteiger partial charge in [0.25, 0.3) is 0 Å². The van der Waals surface area contributed by atoms with Crippen LogP contribution in [0.4, 0.5) is 11.6 Å². The number of nitrogens with zero attached hydrogens (tertiary/aromatic N) is 6. The minimum atomic E-state index is 0.160. The molecule has 2 aliphatic heterocycles. The van der Waals surface area contributed by atoms with Crippen molar-refractivity contribution < 1.29 is 0 Å². The third-order valence-corrected chi connectivity index (χ3v) is 5.55. The first-order chi connectivity index (χ1) is 12.8. The first-order valence-corrected chi connectivity index (χ1v) is 9.66. The minimum Gasteiger partial charge on any atom is -0.355 e. The Kier molecular flexibility index (Phi) is 3.93. The summed E-state index contributed by atoms with van der Waals surface area (Å²) in [5.41, 5.74) is 0.883. The molecule has 0 amide bonds. The lowest BCUT2D eigenvalue weighted by Gasteiger charge is -2.37. The summed E-state index contributed by atoms with van der Waals surface area (Å²) in [6.45, 7) is 3.16. The Morgan fingerprint density at radius 2 is 1.85 bits per heavy atom. The molecule has 134 valence electrons. The van der Waals surface area contributed by atoms with Gasteiger partial charge in [0.1, 0.15) is 12.0 Å². The average Bonchev–Trinajstić information content (AvgIpc) is 3.09. The summed E-state index contributed by atoms with van der Waals surface area (Å²) in [5.74, 6) is 1.98. The summed E-state index contributed by atoms with van der Waals surface area (Å²) < 4.78 is 2.09. The van der Waals surface area contributed by atoms with E-state index in [1.54, 1.807) is 0 Å². The van der Waals surface area contributed by atoms with Crippen LogP contribution >= 0.6 is 11.6 Å². The zero-order valence-corrected chi connectivity index (χ0v) is 15.3. The highest BCUT2D eigenvalue weighted by Gasteiger charge is 2.28. The van der Waals surface area contributed by atoms with Gasteiger partial charge in [-0.15, -0.1) is 0 Å². The van der Waals surface area contributed by atoms with Gasteiger partial charge >= 0.3 is 0 Å². The molecule has 0 radical (unpaired) electrons. The second-order valence-corrected chi connectivity index (χ2v) is 7.34. The molecular weight excluding hydrogens is 348 g/mol. The van der Waals surface area contributed by atoms with E-state index in [1.165, 1.54) is 12.8 Å². The number of hydrogen-bond acceptors (Lipinski definition) is 5. The van der Waals surface area contributed by atoms with Gasteiger partial charge in [0.2, 0.25) is 5.28 Å². The van der Waals surface area contributed by atoms with E-state index in [0.29, 0.717) is 5.28 Å². The third kappa shape index (κ3) is 2.69. The topological polar surface area (TPSA) is 50.1 Å². The van der Waals surface area contributed by atoms with Crippen LogP contribution in [0.5, 0.6) is 0 Å². The van der Waals surface area contributed by atoms with Gasteiger partial charge in [-0.1, -0.05) is 12.1 Å². The Labute approximate surface area is 157 Å². The fourth-order valence-corrected chi connectivity index (χ4v) is 4.07. The van der Waals surface area contributed by atoms with Crippen molar-refractivity contribution in [2.24, 2.45) is 0 Å². The average molecular weight is 369 g/mol. The minimum absolute atomic E-state index is 0.160. The summed E-state index contributed by atoms with van der Waals surface area (Å²) in [7, 11) is 0. The van der Waals surface area contributed by atoms with Crippen LogP contribution in [0.25, 0.3) is 10.9 Å². The largest absolute Gasteiger partial charge is 0.355 e. The van der Waals surface area contributed by atoms with Crippen LogP contribution in [-0.2, 0) is 0 Å². The molecule has 0 saturated carbocycles. The molecule has 5 rings (SSSR count). The second-order valence-electron chi connectivity index (χ2n) is 7.00. The van der Waals surface area contributed by atoms with Crippen LogP contribution in [0.3, 0.4) is 0 Å². The Balaban J connectivity index is 1.55. The molecule has 1 atom stereocenters. The lowest BCUT2D eigenvalue weighted by molar-refractivity contribution is 0.347. The second kappa shape index (κ2) is 6.43. The monoisotopic (exact) mass is 368 g/mol. The summed E-state index contributed by atoms with van der Waals surface area (Å²) in [6, 6.07) is 10.2. The molecule has 2 aromatic heterocycles. The SMILES string of the molecule is Clc1nc(N2CCCCC2n2ccc(N3CCC3)n2)c2ccccc2n1. The first kappa shape index (κ1) is 15.9. The van der Waals surface area contributed by atoms with Crippen molar-refractivity contribution in [3.05, 3.63) is 41.8 Å². The molecule has 0 spiro atoms. The predicted octanol–water partition coefficient (Wildman–Crippen LogP) is 3.88. The molecular formula is C19H21ClN6. The number of para-hydroxylation sites is 1. The van der Waals surface area contributed by atoms with E-state index in [1.807, 2.05) is 18.2 Å². The van der Waals surface area contributed by atoms with Crippen molar-refractivity contribution in [3.8, 4) is 0 Å². The molecule has 2 aliphatic rings. The van der Waals surface area contributed by atoms with Gasteiger partial charge in [-0.3, -0.25) is 0 Å². The normalized spacial score (nSPS) is 20.4. The Hall–Kier alpha value is -2.34. The maximum atomic E-state index is 6.23. The van der Waals surface area contributed by atoms with Crippen LogP contribution in [0.15, 0.2) is 36.5 Å². The van der Waals surface area contributed by atoms with E-state index < -0.39 is 0 Å². The zero-order chi connectivity index (χ0) is 17.5. The molecule has 6 nitrogen and oxygen atoms in total. The van der Waals surface area contributed by atoms with E-state index >= 15 is 0 Å². The standard InChI is InChI=1S/C19H21ClN6/c20-19-21-15-7-2-1-6-14(15)18(22-19)25-12-4-3-8-17(25)26-13-9-16(23-26)24-10-5-11-24/h1-2,6-7,9,13,17H,3-5,8,10-12H2. The Bertz CT molecular complexity index is 935. The molecule has 7 heteroatoms. The smallest absolute Gasteiger partial charge is 0.224 e. The molecule has 26 heavy (non-hydrogen) atoms. The number of rotatable bonds is 3. The number of fused-ring (bicyclic) bond motifs is 1. The Morgan fingerprint density at radius 1 is 0.962 bits per heavy atom. The number of aromatic nitrogens is 4. The molecule has 1 unspecified atom stereocenters. The van der Waals surface area contributed by atoms with Crippen molar-refractivity contribution in [2.75, 3.05) is 29.4 Å². The molecule has 2 saturated heterocycles. The highest BCUT2D eigenvalue weighted by molar-refractivity contribution is 6.28. The van der Waals surface area contributed by atoms with Crippen molar-refractivity contribution >= 4 is 34.1 Å². The van der Waals surface area contributed by atoms with Crippen LogP contribution in [-0.4, -0.2) is 39.4 Å².